The van der Waals surface area contributed by atoms with E-state index in [0.717, 1.165) is 0 Å². The standard InChI is InChI=1S/C13H17NO5/c1-4-18-12(16)10-6-9(7-15)8(3)14-11(10)13(17)19-5-2/h6,15H,4-5,7H2,1-3H3. The minimum absolute atomic E-state index is 0.00921. The van der Waals surface area contributed by atoms with E-state index >= 15 is 0 Å². The van der Waals surface area contributed by atoms with Gasteiger partial charge in [-0.15, -0.1) is 0 Å². The van der Waals surface area contributed by atoms with Crippen molar-refractivity contribution >= 4 is 11.9 Å². The van der Waals surface area contributed by atoms with Crippen LogP contribution in [0.4, 0.5) is 0 Å². The Morgan fingerprint density at radius 2 is 1.79 bits per heavy atom. The van der Waals surface area contributed by atoms with E-state index in [0.29, 0.717) is 11.3 Å². The molecule has 104 valence electrons. The molecule has 6 nitrogen and oxygen atoms in total. The van der Waals surface area contributed by atoms with E-state index in [1.807, 2.05) is 0 Å². The molecule has 0 fully saturated rings. The van der Waals surface area contributed by atoms with E-state index in [2.05, 4.69) is 4.98 Å². The van der Waals surface area contributed by atoms with Crippen LogP contribution in [0.5, 0.6) is 0 Å². The Morgan fingerprint density at radius 3 is 2.32 bits per heavy atom. The summed E-state index contributed by atoms with van der Waals surface area (Å²) >= 11 is 0. The molecule has 0 aliphatic heterocycles. The summed E-state index contributed by atoms with van der Waals surface area (Å²) in [7, 11) is 0. The van der Waals surface area contributed by atoms with Gasteiger partial charge in [-0.2, -0.15) is 0 Å². The van der Waals surface area contributed by atoms with Crippen molar-refractivity contribution in [1.82, 2.24) is 4.98 Å². The van der Waals surface area contributed by atoms with Crippen molar-refractivity contribution < 1.29 is 24.2 Å². The summed E-state index contributed by atoms with van der Waals surface area (Å²) in [6.07, 6.45) is 0. The highest BCUT2D eigenvalue weighted by Gasteiger charge is 2.22. The first-order chi connectivity index (χ1) is 9.04. The Morgan fingerprint density at radius 1 is 1.21 bits per heavy atom. The highest BCUT2D eigenvalue weighted by Crippen LogP contribution is 2.16. The predicted octanol–water partition coefficient (Wildman–Crippen LogP) is 1.24. The summed E-state index contributed by atoms with van der Waals surface area (Å²) in [5, 5.41) is 9.18. The van der Waals surface area contributed by atoms with Crippen molar-refractivity contribution in [3.8, 4) is 0 Å². The van der Waals surface area contributed by atoms with E-state index in [1.54, 1.807) is 20.8 Å². The predicted molar refractivity (Wildman–Crippen MR) is 66.8 cm³/mol. The lowest BCUT2D eigenvalue weighted by atomic mass is 10.1. The van der Waals surface area contributed by atoms with Crippen molar-refractivity contribution in [3.63, 3.8) is 0 Å². The first-order valence-corrected chi connectivity index (χ1v) is 6.00. The second kappa shape index (κ2) is 6.84. The van der Waals surface area contributed by atoms with Crippen molar-refractivity contribution in [1.29, 1.82) is 0 Å². The van der Waals surface area contributed by atoms with Crippen molar-refractivity contribution in [2.75, 3.05) is 13.2 Å². The van der Waals surface area contributed by atoms with E-state index in [-0.39, 0.29) is 31.1 Å². The van der Waals surface area contributed by atoms with Gasteiger partial charge in [0, 0.05) is 5.69 Å². The fraction of sp³-hybridized carbons (Fsp3) is 0.462. The zero-order chi connectivity index (χ0) is 14.4. The van der Waals surface area contributed by atoms with Crippen LogP contribution in [0.1, 0.15) is 46.0 Å². The summed E-state index contributed by atoms with van der Waals surface area (Å²) in [5.74, 6) is -1.34. The van der Waals surface area contributed by atoms with Gasteiger partial charge < -0.3 is 14.6 Å². The van der Waals surface area contributed by atoms with Crippen LogP contribution in [0, 0.1) is 6.92 Å². The quantitative estimate of drug-likeness (QED) is 0.808. The molecular formula is C13H17NO5. The number of ether oxygens (including phenoxy) is 2. The van der Waals surface area contributed by atoms with Crippen LogP contribution < -0.4 is 0 Å². The molecule has 0 aliphatic carbocycles. The van der Waals surface area contributed by atoms with Crippen molar-refractivity contribution in [3.05, 3.63) is 28.6 Å². The first-order valence-electron chi connectivity index (χ1n) is 6.00. The van der Waals surface area contributed by atoms with E-state index in [9.17, 15) is 14.7 Å². The molecule has 1 heterocycles. The van der Waals surface area contributed by atoms with Crippen LogP contribution in [0.25, 0.3) is 0 Å². The maximum Gasteiger partial charge on any atom is 0.357 e. The van der Waals surface area contributed by atoms with Gasteiger partial charge in [0.15, 0.2) is 5.69 Å². The number of esters is 2. The number of aliphatic hydroxyl groups is 1. The second-order valence-electron chi connectivity index (χ2n) is 3.73. The molecule has 1 N–H and O–H groups in total. The Bertz CT molecular complexity index is 484. The normalized spacial score (nSPS) is 10.1. The molecule has 0 aliphatic rings. The summed E-state index contributed by atoms with van der Waals surface area (Å²) in [5.41, 5.74) is 0.861. The third kappa shape index (κ3) is 3.51. The SMILES string of the molecule is CCOC(=O)c1cc(CO)c(C)nc1C(=O)OCC. The fourth-order valence-electron chi connectivity index (χ4n) is 1.53. The summed E-state index contributed by atoms with van der Waals surface area (Å²) < 4.78 is 9.72. The van der Waals surface area contributed by atoms with Crippen LogP contribution in [0.2, 0.25) is 0 Å². The topological polar surface area (TPSA) is 85.7 Å². The molecular weight excluding hydrogens is 250 g/mol. The van der Waals surface area contributed by atoms with E-state index < -0.39 is 11.9 Å². The van der Waals surface area contributed by atoms with Gasteiger partial charge in [0.05, 0.1) is 25.4 Å². The first kappa shape index (κ1) is 15.1. The van der Waals surface area contributed by atoms with Gasteiger partial charge in [-0.1, -0.05) is 0 Å². The van der Waals surface area contributed by atoms with Gasteiger partial charge in [-0.3, -0.25) is 0 Å². The van der Waals surface area contributed by atoms with Crippen LogP contribution in [0.15, 0.2) is 6.07 Å². The molecule has 0 amide bonds. The number of aromatic nitrogens is 1. The van der Waals surface area contributed by atoms with Gasteiger partial charge in [-0.25, -0.2) is 14.6 Å². The molecule has 0 saturated carbocycles. The molecule has 0 atom stereocenters. The lowest BCUT2D eigenvalue weighted by Crippen LogP contribution is -2.17. The maximum atomic E-state index is 11.8. The Kier molecular flexibility index (Phi) is 5.44. The number of aliphatic hydroxyl groups excluding tert-OH is 1. The lowest BCUT2D eigenvalue weighted by molar-refractivity contribution is 0.0472. The number of hydrogen-bond acceptors (Lipinski definition) is 6. The molecule has 1 aromatic heterocycles. The number of aryl methyl sites for hydroxylation is 1. The minimum Gasteiger partial charge on any atom is -0.462 e. The summed E-state index contributed by atoms with van der Waals surface area (Å²) in [6, 6.07) is 1.41. The molecule has 6 heteroatoms. The summed E-state index contributed by atoms with van der Waals surface area (Å²) in [4.78, 5) is 27.6. The zero-order valence-electron chi connectivity index (χ0n) is 11.2. The van der Waals surface area contributed by atoms with Crippen LogP contribution in [-0.2, 0) is 16.1 Å². The molecule has 0 radical (unpaired) electrons. The third-order valence-corrected chi connectivity index (χ3v) is 2.45. The Labute approximate surface area is 111 Å². The fourth-order valence-corrected chi connectivity index (χ4v) is 1.53. The monoisotopic (exact) mass is 267 g/mol. The third-order valence-electron chi connectivity index (χ3n) is 2.45. The van der Waals surface area contributed by atoms with E-state index in [4.69, 9.17) is 9.47 Å². The van der Waals surface area contributed by atoms with E-state index in [1.165, 1.54) is 6.07 Å². The molecule has 1 aromatic rings. The minimum atomic E-state index is -0.682. The largest absolute Gasteiger partial charge is 0.462 e. The molecule has 0 bridgehead atoms. The molecule has 0 spiro atoms. The van der Waals surface area contributed by atoms with Gasteiger partial charge in [0.1, 0.15) is 0 Å². The van der Waals surface area contributed by atoms with Gasteiger partial charge in [0.25, 0.3) is 0 Å². The van der Waals surface area contributed by atoms with Gasteiger partial charge in [0.2, 0.25) is 0 Å². The second-order valence-corrected chi connectivity index (χ2v) is 3.73. The maximum absolute atomic E-state index is 11.8. The van der Waals surface area contributed by atoms with Gasteiger partial charge >= 0.3 is 11.9 Å². The number of nitrogens with zero attached hydrogens (tertiary/aromatic N) is 1. The van der Waals surface area contributed by atoms with Crippen LogP contribution >= 0.6 is 0 Å². The Hall–Kier alpha value is -1.95. The van der Waals surface area contributed by atoms with Crippen LogP contribution in [0.3, 0.4) is 0 Å². The van der Waals surface area contributed by atoms with Crippen LogP contribution in [-0.4, -0.2) is 35.2 Å². The molecule has 1 rings (SSSR count). The number of hydrogen-bond donors (Lipinski definition) is 1. The molecule has 19 heavy (non-hydrogen) atoms. The molecule has 0 unspecified atom stereocenters. The number of carbonyl (C=O) groups excluding carboxylic acids is 2. The smallest absolute Gasteiger partial charge is 0.357 e. The van der Waals surface area contributed by atoms with Gasteiger partial charge in [-0.05, 0) is 32.4 Å². The van der Waals surface area contributed by atoms with Crippen molar-refractivity contribution in [2.24, 2.45) is 0 Å². The average Bonchev–Trinajstić information content (AvgIpc) is 2.38. The zero-order valence-corrected chi connectivity index (χ0v) is 11.2. The average molecular weight is 267 g/mol. The number of carbonyl (C=O) groups is 2. The highest BCUT2D eigenvalue weighted by atomic mass is 16.5. The number of pyridine rings is 1. The number of rotatable bonds is 5. The molecule has 0 saturated heterocycles. The molecule has 0 aromatic carbocycles. The highest BCUT2D eigenvalue weighted by molar-refractivity contribution is 6.02. The summed E-state index contributed by atoms with van der Waals surface area (Å²) in [6.45, 7) is 5.07. The Balaban J connectivity index is 3.30. The lowest BCUT2D eigenvalue weighted by Gasteiger charge is -2.11. The van der Waals surface area contributed by atoms with Crippen molar-refractivity contribution in [2.45, 2.75) is 27.4 Å².